The zero-order valence-electron chi connectivity index (χ0n) is 9.27. The summed E-state index contributed by atoms with van der Waals surface area (Å²) in [6, 6.07) is 6.00. The van der Waals surface area contributed by atoms with E-state index in [1.54, 1.807) is 0 Å². The van der Waals surface area contributed by atoms with E-state index >= 15 is 0 Å². The Morgan fingerprint density at radius 2 is 1.95 bits per heavy atom. The molecule has 8 heteroatoms. The van der Waals surface area contributed by atoms with Gasteiger partial charge in [-0.2, -0.15) is 0 Å². The molecule has 4 nitrogen and oxygen atoms in total. The Labute approximate surface area is 119 Å². The molecule has 0 aliphatic rings. The number of pyridine rings is 1. The summed E-state index contributed by atoms with van der Waals surface area (Å²) >= 11 is 11.5. The van der Waals surface area contributed by atoms with Gasteiger partial charge in [0.15, 0.2) is 5.15 Å². The SMILES string of the molecule is O=S(=O)(Nc1cccnc1Cl)c1cc(F)ccc1Cl. The monoisotopic (exact) mass is 320 g/mol. The number of halogens is 3. The largest absolute Gasteiger partial charge is 0.276 e. The zero-order valence-corrected chi connectivity index (χ0v) is 11.6. The van der Waals surface area contributed by atoms with Gasteiger partial charge in [-0.25, -0.2) is 17.8 Å². The molecular weight excluding hydrogens is 314 g/mol. The van der Waals surface area contributed by atoms with Gasteiger partial charge in [0.25, 0.3) is 10.0 Å². The second kappa shape index (κ2) is 5.32. The first-order valence-electron chi connectivity index (χ1n) is 4.98. The number of hydrogen-bond donors (Lipinski definition) is 1. The Morgan fingerprint density at radius 3 is 2.63 bits per heavy atom. The minimum Gasteiger partial charge on any atom is -0.276 e. The molecule has 0 bridgehead atoms. The van der Waals surface area contributed by atoms with E-state index in [0.29, 0.717) is 0 Å². The molecule has 0 atom stereocenters. The molecule has 1 heterocycles. The average molecular weight is 321 g/mol. The van der Waals surface area contributed by atoms with E-state index in [-0.39, 0.29) is 20.8 Å². The Balaban J connectivity index is 2.44. The maximum Gasteiger partial charge on any atom is 0.263 e. The number of nitrogens with zero attached hydrogens (tertiary/aromatic N) is 1. The van der Waals surface area contributed by atoms with Crippen molar-refractivity contribution in [2.45, 2.75) is 4.90 Å². The number of aromatic nitrogens is 1. The van der Waals surface area contributed by atoms with Gasteiger partial charge in [0.2, 0.25) is 0 Å². The molecule has 1 aromatic heterocycles. The smallest absolute Gasteiger partial charge is 0.263 e. The Kier molecular flexibility index (Phi) is 3.93. The fourth-order valence-corrected chi connectivity index (χ4v) is 3.15. The van der Waals surface area contributed by atoms with E-state index in [9.17, 15) is 12.8 Å². The van der Waals surface area contributed by atoms with Crippen molar-refractivity contribution >= 4 is 38.9 Å². The Hall–Kier alpha value is -1.37. The number of benzene rings is 1. The molecule has 100 valence electrons. The molecule has 2 rings (SSSR count). The van der Waals surface area contributed by atoms with Crippen molar-refractivity contribution in [2.24, 2.45) is 0 Å². The fourth-order valence-electron chi connectivity index (χ4n) is 1.35. The van der Waals surface area contributed by atoms with E-state index in [1.165, 1.54) is 18.3 Å². The highest BCUT2D eigenvalue weighted by Gasteiger charge is 2.20. The van der Waals surface area contributed by atoms with Gasteiger partial charge in [-0.15, -0.1) is 0 Å². The van der Waals surface area contributed by atoms with Crippen LogP contribution < -0.4 is 4.72 Å². The lowest BCUT2D eigenvalue weighted by atomic mass is 10.3. The van der Waals surface area contributed by atoms with Gasteiger partial charge in [0.1, 0.15) is 10.7 Å². The van der Waals surface area contributed by atoms with Crippen molar-refractivity contribution in [2.75, 3.05) is 4.72 Å². The molecule has 0 aliphatic heterocycles. The molecular formula is C11H7Cl2FN2O2S. The highest BCUT2D eigenvalue weighted by atomic mass is 35.5. The predicted molar refractivity (Wildman–Crippen MR) is 71.5 cm³/mol. The van der Waals surface area contributed by atoms with Crippen molar-refractivity contribution in [1.82, 2.24) is 4.98 Å². The average Bonchev–Trinajstić information content (AvgIpc) is 2.35. The number of hydrogen-bond acceptors (Lipinski definition) is 3. The third-order valence-corrected chi connectivity index (χ3v) is 4.33. The maximum absolute atomic E-state index is 13.1. The van der Waals surface area contributed by atoms with Gasteiger partial charge in [-0.1, -0.05) is 23.2 Å². The summed E-state index contributed by atoms with van der Waals surface area (Å²) in [6.07, 6.45) is 1.41. The second-order valence-corrected chi connectivity index (χ2v) is 5.94. The Morgan fingerprint density at radius 1 is 1.21 bits per heavy atom. The number of nitrogens with one attached hydrogen (secondary N) is 1. The van der Waals surface area contributed by atoms with Crippen molar-refractivity contribution in [3.8, 4) is 0 Å². The summed E-state index contributed by atoms with van der Waals surface area (Å²) in [7, 11) is -4.04. The lowest BCUT2D eigenvalue weighted by Crippen LogP contribution is -2.14. The molecule has 0 unspecified atom stereocenters. The first kappa shape index (κ1) is 14.0. The van der Waals surface area contributed by atoms with Crippen molar-refractivity contribution in [3.63, 3.8) is 0 Å². The van der Waals surface area contributed by atoms with Crippen molar-refractivity contribution < 1.29 is 12.8 Å². The van der Waals surface area contributed by atoms with Crippen LogP contribution in [0, 0.1) is 5.82 Å². The van der Waals surface area contributed by atoms with Crippen LogP contribution in [0.1, 0.15) is 0 Å². The van der Waals surface area contributed by atoms with Crippen LogP contribution in [0.15, 0.2) is 41.4 Å². The van der Waals surface area contributed by atoms with Crippen LogP contribution >= 0.6 is 23.2 Å². The lowest BCUT2D eigenvalue weighted by Gasteiger charge is -2.10. The summed E-state index contributed by atoms with van der Waals surface area (Å²) in [5.74, 6) is -0.706. The number of sulfonamides is 1. The minimum atomic E-state index is -4.04. The highest BCUT2D eigenvalue weighted by molar-refractivity contribution is 7.92. The fraction of sp³-hybridized carbons (Fsp3) is 0. The third-order valence-electron chi connectivity index (χ3n) is 2.19. The standard InChI is InChI=1S/C11H7Cl2FN2O2S/c12-8-4-3-7(14)6-10(8)19(17,18)16-9-2-1-5-15-11(9)13/h1-6,16H. The van der Waals surface area contributed by atoms with Gasteiger partial charge in [-0.3, -0.25) is 4.72 Å². The van der Waals surface area contributed by atoms with Gasteiger partial charge in [0, 0.05) is 6.20 Å². The van der Waals surface area contributed by atoms with Crippen LogP contribution in [-0.4, -0.2) is 13.4 Å². The van der Waals surface area contributed by atoms with Crippen LogP contribution in [0.4, 0.5) is 10.1 Å². The van der Waals surface area contributed by atoms with Crippen LogP contribution in [0.5, 0.6) is 0 Å². The van der Waals surface area contributed by atoms with Crippen LogP contribution in [0.3, 0.4) is 0 Å². The van der Waals surface area contributed by atoms with Crippen LogP contribution in [0.25, 0.3) is 0 Å². The first-order valence-corrected chi connectivity index (χ1v) is 7.22. The van der Waals surface area contributed by atoms with Gasteiger partial charge in [-0.05, 0) is 30.3 Å². The summed E-state index contributed by atoms with van der Waals surface area (Å²) in [6.45, 7) is 0. The van der Waals surface area contributed by atoms with Gasteiger partial charge in [0.05, 0.1) is 10.7 Å². The molecule has 0 fully saturated rings. The normalized spacial score (nSPS) is 11.3. The molecule has 1 aromatic carbocycles. The van der Waals surface area contributed by atoms with Crippen LogP contribution in [0.2, 0.25) is 10.2 Å². The van der Waals surface area contributed by atoms with Crippen molar-refractivity contribution in [3.05, 3.63) is 52.5 Å². The number of rotatable bonds is 3. The molecule has 0 spiro atoms. The van der Waals surface area contributed by atoms with Crippen molar-refractivity contribution in [1.29, 1.82) is 0 Å². The lowest BCUT2D eigenvalue weighted by molar-refractivity contribution is 0.595. The van der Waals surface area contributed by atoms with Gasteiger partial charge < -0.3 is 0 Å². The first-order chi connectivity index (χ1) is 8.90. The molecule has 0 amide bonds. The molecule has 1 N–H and O–H groups in total. The van der Waals surface area contributed by atoms with E-state index < -0.39 is 15.8 Å². The molecule has 0 aliphatic carbocycles. The third kappa shape index (κ3) is 3.15. The maximum atomic E-state index is 13.1. The summed E-state index contributed by atoms with van der Waals surface area (Å²) < 4.78 is 39.5. The predicted octanol–water partition coefficient (Wildman–Crippen LogP) is 3.33. The van der Waals surface area contributed by atoms with Crippen LogP contribution in [-0.2, 0) is 10.0 Å². The van der Waals surface area contributed by atoms with E-state index in [0.717, 1.165) is 18.2 Å². The topological polar surface area (TPSA) is 59.1 Å². The highest BCUT2D eigenvalue weighted by Crippen LogP contribution is 2.26. The minimum absolute atomic E-state index is 0.0152. The van der Waals surface area contributed by atoms with E-state index in [1.807, 2.05) is 0 Å². The second-order valence-electron chi connectivity index (χ2n) is 3.52. The molecule has 19 heavy (non-hydrogen) atoms. The molecule has 0 radical (unpaired) electrons. The van der Waals surface area contributed by atoms with E-state index in [4.69, 9.17) is 23.2 Å². The summed E-state index contributed by atoms with van der Waals surface area (Å²) in [4.78, 5) is 3.36. The summed E-state index contributed by atoms with van der Waals surface area (Å²) in [5, 5.41) is -0.104. The summed E-state index contributed by atoms with van der Waals surface area (Å²) in [5.41, 5.74) is 0.0875. The Bertz CT molecular complexity index is 722. The molecule has 0 saturated carbocycles. The van der Waals surface area contributed by atoms with E-state index in [2.05, 4.69) is 9.71 Å². The zero-order chi connectivity index (χ0) is 14.0. The van der Waals surface area contributed by atoms with Gasteiger partial charge >= 0.3 is 0 Å². The molecule has 0 saturated heterocycles. The number of anilines is 1. The molecule has 2 aromatic rings. The quantitative estimate of drug-likeness (QED) is 0.882.